The summed E-state index contributed by atoms with van der Waals surface area (Å²) in [5.74, 6) is 1.90. The number of hydrogen-bond donors (Lipinski definition) is 0. The van der Waals surface area contributed by atoms with E-state index in [0.717, 1.165) is 41.9 Å². The molecule has 0 N–H and O–H groups in total. The highest BCUT2D eigenvalue weighted by atomic mass is 35.5. The van der Waals surface area contributed by atoms with E-state index in [2.05, 4.69) is 16.0 Å². The second kappa shape index (κ2) is 4.65. The molecule has 0 amide bonds. The van der Waals surface area contributed by atoms with E-state index in [0.29, 0.717) is 0 Å². The summed E-state index contributed by atoms with van der Waals surface area (Å²) in [6.45, 7) is 1.85. The van der Waals surface area contributed by atoms with Gasteiger partial charge in [-0.05, 0) is 36.1 Å². The van der Waals surface area contributed by atoms with E-state index in [9.17, 15) is 0 Å². The Labute approximate surface area is 111 Å². The second-order valence-electron chi connectivity index (χ2n) is 4.55. The first kappa shape index (κ1) is 11.6. The van der Waals surface area contributed by atoms with Gasteiger partial charge in [0.15, 0.2) is 0 Å². The Hall–Kier alpha value is -1.48. The molecule has 2 heterocycles. The molecular formula is C14H15ClN2O. The lowest BCUT2D eigenvalue weighted by atomic mass is 10.1. The quantitative estimate of drug-likeness (QED) is 0.778. The molecular weight excluding hydrogens is 248 g/mol. The van der Waals surface area contributed by atoms with Crippen LogP contribution in [0.5, 0.6) is 5.75 Å². The molecule has 94 valence electrons. The summed E-state index contributed by atoms with van der Waals surface area (Å²) in [4.78, 5) is 6.76. The predicted molar refractivity (Wildman–Crippen MR) is 74.8 cm³/mol. The molecule has 1 aromatic heterocycles. The predicted octanol–water partition coefficient (Wildman–Crippen LogP) is 3.06. The number of anilines is 1. The summed E-state index contributed by atoms with van der Waals surface area (Å²) in [5.41, 5.74) is 0. The number of nitrogens with zero attached hydrogens (tertiary/aromatic N) is 2. The maximum Gasteiger partial charge on any atom is 0.136 e. The molecule has 3 nitrogen and oxygen atoms in total. The molecule has 1 atom stereocenters. The van der Waals surface area contributed by atoms with Crippen LogP contribution in [0.25, 0.3) is 10.8 Å². The summed E-state index contributed by atoms with van der Waals surface area (Å²) in [7, 11) is 1.68. The summed E-state index contributed by atoms with van der Waals surface area (Å²) < 4.78 is 5.25. The van der Waals surface area contributed by atoms with Gasteiger partial charge < -0.3 is 9.64 Å². The number of halogens is 1. The van der Waals surface area contributed by atoms with Crippen LogP contribution in [0.15, 0.2) is 30.5 Å². The Morgan fingerprint density at radius 1 is 1.39 bits per heavy atom. The largest absolute Gasteiger partial charge is 0.497 e. The number of rotatable bonds is 2. The average Bonchev–Trinajstić information content (AvgIpc) is 2.84. The van der Waals surface area contributed by atoms with E-state index in [-0.39, 0.29) is 5.38 Å². The summed E-state index contributed by atoms with van der Waals surface area (Å²) in [6, 6.07) is 8.09. The number of pyridine rings is 1. The molecule has 1 saturated heterocycles. The molecule has 1 aliphatic rings. The lowest BCUT2D eigenvalue weighted by Gasteiger charge is -2.18. The molecule has 1 fully saturated rings. The number of hydrogen-bond acceptors (Lipinski definition) is 3. The van der Waals surface area contributed by atoms with Gasteiger partial charge in [-0.15, -0.1) is 11.6 Å². The maximum absolute atomic E-state index is 6.17. The number of alkyl halides is 1. The Kier molecular flexibility index (Phi) is 3.00. The average molecular weight is 263 g/mol. The van der Waals surface area contributed by atoms with Crippen molar-refractivity contribution in [2.24, 2.45) is 0 Å². The van der Waals surface area contributed by atoms with Crippen molar-refractivity contribution in [2.75, 3.05) is 25.1 Å². The molecule has 3 rings (SSSR count). The fraction of sp³-hybridized carbons (Fsp3) is 0.357. The first-order valence-corrected chi connectivity index (χ1v) is 6.53. The lowest BCUT2D eigenvalue weighted by Crippen LogP contribution is -2.21. The van der Waals surface area contributed by atoms with Crippen LogP contribution in [0.3, 0.4) is 0 Å². The minimum Gasteiger partial charge on any atom is -0.497 e. The Morgan fingerprint density at radius 3 is 3.00 bits per heavy atom. The fourth-order valence-corrected chi connectivity index (χ4v) is 2.69. The van der Waals surface area contributed by atoms with Crippen molar-refractivity contribution in [2.45, 2.75) is 11.8 Å². The molecule has 0 saturated carbocycles. The minimum atomic E-state index is 0.236. The molecule has 18 heavy (non-hydrogen) atoms. The molecule has 0 spiro atoms. The number of ether oxygens (including phenoxy) is 1. The van der Waals surface area contributed by atoms with Crippen molar-refractivity contribution in [3.05, 3.63) is 30.5 Å². The third-order valence-electron chi connectivity index (χ3n) is 3.38. The van der Waals surface area contributed by atoms with Gasteiger partial charge in [0.25, 0.3) is 0 Å². The van der Waals surface area contributed by atoms with Gasteiger partial charge >= 0.3 is 0 Å². The molecule has 0 radical (unpaired) electrons. The van der Waals surface area contributed by atoms with Crippen LogP contribution in [0, 0.1) is 0 Å². The zero-order valence-corrected chi connectivity index (χ0v) is 11.0. The van der Waals surface area contributed by atoms with Gasteiger partial charge in [-0.1, -0.05) is 0 Å². The van der Waals surface area contributed by atoms with Crippen molar-refractivity contribution in [3.63, 3.8) is 0 Å². The third-order valence-corrected chi connectivity index (χ3v) is 3.74. The van der Waals surface area contributed by atoms with Crippen LogP contribution in [0.4, 0.5) is 5.82 Å². The molecule has 1 aliphatic heterocycles. The van der Waals surface area contributed by atoms with Gasteiger partial charge in [0.05, 0.1) is 12.5 Å². The van der Waals surface area contributed by atoms with Crippen molar-refractivity contribution in [1.29, 1.82) is 0 Å². The highest BCUT2D eigenvalue weighted by Gasteiger charge is 2.22. The number of aromatic nitrogens is 1. The highest BCUT2D eigenvalue weighted by Crippen LogP contribution is 2.30. The van der Waals surface area contributed by atoms with E-state index in [1.807, 2.05) is 24.4 Å². The summed E-state index contributed by atoms with van der Waals surface area (Å²) >= 11 is 6.17. The molecule has 2 aromatic rings. The SMILES string of the molecule is COc1ccc2c(N3CCC(Cl)C3)nccc2c1. The van der Waals surface area contributed by atoms with Crippen LogP contribution in [0.2, 0.25) is 0 Å². The first-order chi connectivity index (χ1) is 8.78. The van der Waals surface area contributed by atoms with E-state index in [1.54, 1.807) is 7.11 Å². The van der Waals surface area contributed by atoms with Gasteiger partial charge in [-0.2, -0.15) is 0 Å². The standard InChI is InChI=1S/C14H15ClN2O/c1-18-12-2-3-13-10(8-12)4-6-16-14(13)17-7-5-11(15)9-17/h2-4,6,8,11H,5,7,9H2,1H3. The molecule has 4 heteroatoms. The smallest absolute Gasteiger partial charge is 0.136 e. The maximum atomic E-state index is 6.17. The van der Waals surface area contributed by atoms with E-state index in [4.69, 9.17) is 16.3 Å². The van der Waals surface area contributed by atoms with Gasteiger partial charge in [0.1, 0.15) is 11.6 Å². The summed E-state index contributed by atoms with van der Waals surface area (Å²) in [5, 5.41) is 2.54. The van der Waals surface area contributed by atoms with Crippen molar-refractivity contribution in [3.8, 4) is 5.75 Å². The van der Waals surface area contributed by atoms with Crippen LogP contribution in [-0.4, -0.2) is 30.6 Å². The monoisotopic (exact) mass is 262 g/mol. The number of benzene rings is 1. The molecule has 0 bridgehead atoms. The van der Waals surface area contributed by atoms with Crippen molar-refractivity contribution >= 4 is 28.2 Å². The van der Waals surface area contributed by atoms with Crippen molar-refractivity contribution in [1.82, 2.24) is 4.98 Å². The number of fused-ring (bicyclic) bond motifs is 1. The normalized spacial score (nSPS) is 19.4. The van der Waals surface area contributed by atoms with Crippen molar-refractivity contribution < 1.29 is 4.74 Å². The Morgan fingerprint density at radius 2 is 2.28 bits per heavy atom. The van der Waals surface area contributed by atoms with Gasteiger partial charge in [0.2, 0.25) is 0 Å². The molecule has 1 aromatic carbocycles. The fourth-order valence-electron chi connectivity index (χ4n) is 2.43. The Bertz CT molecular complexity index is 573. The van der Waals surface area contributed by atoms with Crippen LogP contribution in [0.1, 0.15) is 6.42 Å². The zero-order valence-electron chi connectivity index (χ0n) is 10.3. The van der Waals surface area contributed by atoms with Crippen LogP contribution < -0.4 is 9.64 Å². The van der Waals surface area contributed by atoms with Gasteiger partial charge in [-0.25, -0.2) is 4.98 Å². The molecule has 1 unspecified atom stereocenters. The van der Waals surface area contributed by atoms with Crippen LogP contribution in [-0.2, 0) is 0 Å². The minimum absolute atomic E-state index is 0.236. The lowest BCUT2D eigenvalue weighted by molar-refractivity contribution is 0.415. The van der Waals surface area contributed by atoms with Gasteiger partial charge in [-0.3, -0.25) is 0 Å². The third kappa shape index (κ3) is 1.99. The second-order valence-corrected chi connectivity index (χ2v) is 5.17. The zero-order chi connectivity index (χ0) is 12.5. The first-order valence-electron chi connectivity index (χ1n) is 6.09. The Balaban J connectivity index is 2.07. The molecule has 0 aliphatic carbocycles. The highest BCUT2D eigenvalue weighted by molar-refractivity contribution is 6.21. The summed E-state index contributed by atoms with van der Waals surface area (Å²) in [6.07, 6.45) is 2.87. The van der Waals surface area contributed by atoms with E-state index >= 15 is 0 Å². The topological polar surface area (TPSA) is 25.4 Å². The number of methoxy groups -OCH3 is 1. The van der Waals surface area contributed by atoms with Gasteiger partial charge in [0, 0.05) is 24.7 Å². The van der Waals surface area contributed by atoms with Crippen LogP contribution >= 0.6 is 11.6 Å². The van der Waals surface area contributed by atoms with E-state index in [1.165, 1.54) is 0 Å². The van der Waals surface area contributed by atoms with E-state index < -0.39 is 0 Å².